The first kappa shape index (κ1) is 26.9. The van der Waals surface area contributed by atoms with E-state index in [1.54, 1.807) is 13.8 Å². The summed E-state index contributed by atoms with van der Waals surface area (Å²) in [4.78, 5) is 25.6. The van der Waals surface area contributed by atoms with Crippen molar-refractivity contribution >= 4 is 29.5 Å². The third-order valence-electron chi connectivity index (χ3n) is 5.54. The summed E-state index contributed by atoms with van der Waals surface area (Å²) in [6, 6.07) is 4.04. The van der Waals surface area contributed by atoms with Gasteiger partial charge in [0.15, 0.2) is 6.61 Å². The van der Waals surface area contributed by atoms with E-state index in [4.69, 9.17) is 4.74 Å². The van der Waals surface area contributed by atoms with Gasteiger partial charge in [-0.25, -0.2) is 8.78 Å². The quantitative estimate of drug-likeness (QED) is 0.316. The van der Waals surface area contributed by atoms with Crippen molar-refractivity contribution in [2.24, 2.45) is 5.10 Å². The topological polar surface area (TPSA) is 74.2 Å². The summed E-state index contributed by atoms with van der Waals surface area (Å²) in [5.41, 5.74) is 0.234. The first-order chi connectivity index (χ1) is 16.9. The molecular weight excluding hydrogens is 487 g/mol. The van der Waals surface area contributed by atoms with Crippen LogP contribution in [0.3, 0.4) is 0 Å². The highest BCUT2D eigenvalue weighted by Crippen LogP contribution is 2.32. The number of alkyl halides is 3. The van der Waals surface area contributed by atoms with Crippen molar-refractivity contribution in [2.45, 2.75) is 39.3 Å². The number of amides is 2. The van der Waals surface area contributed by atoms with Crippen LogP contribution in [-0.2, 0) is 4.79 Å². The molecule has 0 spiro atoms. The van der Waals surface area contributed by atoms with Gasteiger partial charge in [0.05, 0.1) is 11.3 Å². The van der Waals surface area contributed by atoms with Gasteiger partial charge >= 0.3 is 6.18 Å². The zero-order valence-electron chi connectivity index (χ0n) is 19.9. The SMILES string of the molecule is Cc1cc(F)cc(C)c1NC(=O)c1cc(F)c(N(C)/N=C2/CCCCN2C=O)cc1OCC(F)(F)F. The molecule has 1 heterocycles. The molecule has 0 aromatic heterocycles. The number of carbonyl (C=O) groups is 2. The number of rotatable bonds is 7. The molecule has 2 aromatic rings. The normalized spacial score (nSPS) is 15.1. The Morgan fingerprint density at radius 1 is 1.17 bits per heavy atom. The monoisotopic (exact) mass is 512 g/mol. The van der Waals surface area contributed by atoms with Gasteiger partial charge in [-0.05, 0) is 56.0 Å². The number of hydrogen-bond acceptors (Lipinski definition) is 5. The maximum absolute atomic E-state index is 15.1. The van der Waals surface area contributed by atoms with E-state index in [0.717, 1.165) is 30.0 Å². The number of benzene rings is 2. The third kappa shape index (κ3) is 6.49. The molecule has 1 aliphatic heterocycles. The minimum Gasteiger partial charge on any atom is -0.483 e. The smallest absolute Gasteiger partial charge is 0.422 e. The third-order valence-corrected chi connectivity index (χ3v) is 5.54. The van der Waals surface area contributed by atoms with Crippen molar-refractivity contribution in [3.05, 3.63) is 52.6 Å². The number of anilines is 2. The molecule has 0 saturated carbocycles. The molecular formula is C24H25F5N4O3. The average Bonchev–Trinajstić information content (AvgIpc) is 2.79. The van der Waals surface area contributed by atoms with Crippen molar-refractivity contribution in [3.8, 4) is 5.75 Å². The highest BCUT2D eigenvalue weighted by molar-refractivity contribution is 6.07. The van der Waals surface area contributed by atoms with E-state index in [1.165, 1.54) is 24.1 Å². The van der Waals surface area contributed by atoms with Gasteiger partial charge in [-0.15, -0.1) is 0 Å². The lowest BCUT2D eigenvalue weighted by atomic mass is 10.1. The zero-order chi connectivity index (χ0) is 26.6. The van der Waals surface area contributed by atoms with Crippen molar-refractivity contribution in [1.29, 1.82) is 0 Å². The molecule has 1 saturated heterocycles. The van der Waals surface area contributed by atoms with Gasteiger partial charge in [0.2, 0.25) is 6.41 Å². The predicted octanol–water partition coefficient (Wildman–Crippen LogP) is 5.17. The molecule has 2 amide bonds. The predicted molar refractivity (Wildman–Crippen MR) is 124 cm³/mol. The molecule has 7 nitrogen and oxygen atoms in total. The molecule has 3 rings (SSSR count). The molecule has 36 heavy (non-hydrogen) atoms. The summed E-state index contributed by atoms with van der Waals surface area (Å²) >= 11 is 0. The lowest BCUT2D eigenvalue weighted by molar-refractivity contribution is -0.153. The van der Waals surface area contributed by atoms with Crippen molar-refractivity contribution in [3.63, 3.8) is 0 Å². The molecule has 0 aliphatic carbocycles. The number of aryl methyl sites for hydroxylation is 2. The molecule has 0 radical (unpaired) electrons. The second-order valence-electron chi connectivity index (χ2n) is 8.37. The lowest BCUT2D eigenvalue weighted by Crippen LogP contribution is -2.36. The van der Waals surface area contributed by atoms with Crippen LogP contribution < -0.4 is 15.1 Å². The van der Waals surface area contributed by atoms with Crippen LogP contribution in [0.15, 0.2) is 29.4 Å². The number of nitrogens with zero attached hydrogens (tertiary/aromatic N) is 3. The zero-order valence-corrected chi connectivity index (χ0v) is 19.9. The maximum atomic E-state index is 15.1. The van der Waals surface area contributed by atoms with Crippen LogP contribution in [0.4, 0.5) is 33.3 Å². The van der Waals surface area contributed by atoms with E-state index in [-0.39, 0.29) is 11.4 Å². The summed E-state index contributed by atoms with van der Waals surface area (Å²) in [5.74, 6) is -2.57. The van der Waals surface area contributed by atoms with E-state index in [9.17, 15) is 27.2 Å². The van der Waals surface area contributed by atoms with Gasteiger partial charge in [-0.3, -0.25) is 14.6 Å². The fourth-order valence-corrected chi connectivity index (χ4v) is 3.82. The Bertz CT molecular complexity index is 1160. The van der Waals surface area contributed by atoms with Crippen LogP contribution in [0.2, 0.25) is 0 Å². The molecule has 0 atom stereocenters. The first-order valence-corrected chi connectivity index (χ1v) is 11.0. The lowest BCUT2D eigenvalue weighted by Gasteiger charge is -2.26. The Kier molecular flexibility index (Phi) is 8.16. The number of ether oxygens (including phenoxy) is 1. The van der Waals surface area contributed by atoms with Gasteiger partial charge in [0, 0.05) is 31.8 Å². The number of likely N-dealkylation sites (tertiary alicyclic amines) is 1. The van der Waals surface area contributed by atoms with Crippen LogP contribution in [-0.4, -0.2) is 49.4 Å². The fourth-order valence-electron chi connectivity index (χ4n) is 3.82. The largest absolute Gasteiger partial charge is 0.483 e. The first-order valence-electron chi connectivity index (χ1n) is 11.0. The van der Waals surface area contributed by atoms with Gasteiger partial charge in [0.25, 0.3) is 5.91 Å². The number of nitrogens with one attached hydrogen (secondary N) is 1. The number of piperidine rings is 1. The van der Waals surface area contributed by atoms with Crippen molar-refractivity contribution < 1.29 is 36.3 Å². The summed E-state index contributed by atoms with van der Waals surface area (Å²) in [5, 5.41) is 7.80. The van der Waals surface area contributed by atoms with Gasteiger partial charge in [-0.1, -0.05) is 0 Å². The highest BCUT2D eigenvalue weighted by Gasteiger charge is 2.30. The molecule has 1 N–H and O–H groups in total. The summed E-state index contributed by atoms with van der Waals surface area (Å²) in [6.07, 6.45) is -2.11. The van der Waals surface area contributed by atoms with E-state index < -0.39 is 41.6 Å². The van der Waals surface area contributed by atoms with Gasteiger partial charge in [-0.2, -0.15) is 18.3 Å². The van der Waals surface area contributed by atoms with Crippen LogP contribution >= 0.6 is 0 Å². The van der Waals surface area contributed by atoms with E-state index in [1.807, 2.05) is 0 Å². The second kappa shape index (κ2) is 10.9. The Balaban J connectivity index is 1.99. The van der Waals surface area contributed by atoms with Crippen LogP contribution in [0, 0.1) is 25.5 Å². The Hall–Kier alpha value is -3.70. The fraction of sp³-hybridized carbons (Fsp3) is 0.375. The molecule has 0 bridgehead atoms. The molecule has 194 valence electrons. The van der Waals surface area contributed by atoms with Crippen molar-refractivity contribution in [2.75, 3.05) is 30.5 Å². The summed E-state index contributed by atoms with van der Waals surface area (Å²) < 4.78 is 72.2. The van der Waals surface area contributed by atoms with Crippen LogP contribution in [0.1, 0.15) is 40.7 Å². The Morgan fingerprint density at radius 2 is 1.83 bits per heavy atom. The number of halogens is 5. The molecule has 1 aliphatic rings. The second-order valence-corrected chi connectivity index (χ2v) is 8.37. The van der Waals surface area contributed by atoms with Gasteiger partial charge in [0.1, 0.15) is 23.2 Å². The van der Waals surface area contributed by atoms with Crippen molar-refractivity contribution in [1.82, 2.24) is 4.90 Å². The summed E-state index contributed by atoms with van der Waals surface area (Å²) in [7, 11) is 1.36. The molecule has 0 unspecified atom stereocenters. The Labute approximate surface area is 204 Å². The minimum atomic E-state index is -4.72. The van der Waals surface area contributed by atoms with Crippen LogP contribution in [0.5, 0.6) is 5.75 Å². The number of carbonyl (C=O) groups excluding carboxylic acids is 2. The highest BCUT2D eigenvalue weighted by atomic mass is 19.4. The molecule has 1 fully saturated rings. The standard InChI is InChI=1S/C24H25F5N4O3/c1-14-8-16(25)9-15(2)22(14)30-23(35)17-10-18(26)19(11-20(17)36-12-24(27,28)29)32(3)31-21-6-4-5-7-33(21)13-34/h8-11,13H,4-7,12H2,1-3H3,(H,30,35)/b31-21-. The van der Waals surface area contributed by atoms with Gasteiger partial charge < -0.3 is 15.0 Å². The number of hydrazone groups is 1. The number of amidine groups is 1. The molecule has 12 heteroatoms. The minimum absolute atomic E-state index is 0.238. The van der Waals surface area contributed by atoms with E-state index in [0.29, 0.717) is 36.3 Å². The van der Waals surface area contributed by atoms with Crippen LogP contribution in [0.25, 0.3) is 0 Å². The van der Waals surface area contributed by atoms with E-state index in [2.05, 4.69) is 10.4 Å². The molecule has 2 aromatic carbocycles. The number of hydrogen-bond donors (Lipinski definition) is 1. The van der Waals surface area contributed by atoms with E-state index >= 15 is 4.39 Å². The average molecular weight is 512 g/mol. The Morgan fingerprint density at radius 3 is 2.44 bits per heavy atom. The summed E-state index contributed by atoms with van der Waals surface area (Å²) in [6.45, 7) is 1.81. The maximum Gasteiger partial charge on any atom is 0.422 e.